The summed E-state index contributed by atoms with van der Waals surface area (Å²) in [7, 11) is -1.98. The Balaban J connectivity index is 2.42. The number of anilines is 1. The van der Waals surface area contributed by atoms with Crippen molar-refractivity contribution in [2.75, 3.05) is 12.8 Å². The van der Waals surface area contributed by atoms with Crippen molar-refractivity contribution in [3.8, 4) is 5.75 Å². The molecule has 6 heteroatoms. The highest BCUT2D eigenvalue weighted by Crippen LogP contribution is 2.28. The summed E-state index contributed by atoms with van der Waals surface area (Å²) in [5.74, 6) is 0.471. The Morgan fingerprint density at radius 2 is 1.90 bits per heavy atom. The molecule has 0 bridgehead atoms. The van der Waals surface area contributed by atoms with E-state index in [0.717, 1.165) is 10.0 Å². The molecule has 0 heterocycles. The molecule has 0 radical (unpaired) electrons. The van der Waals surface area contributed by atoms with Crippen molar-refractivity contribution in [1.82, 2.24) is 0 Å². The van der Waals surface area contributed by atoms with Gasteiger partial charge in [-0.15, -0.1) is 0 Å². The van der Waals surface area contributed by atoms with Gasteiger partial charge in [0.1, 0.15) is 5.75 Å². The minimum Gasteiger partial charge on any atom is -0.497 e. The Hall–Kier alpha value is -1.53. The maximum atomic E-state index is 12.5. The lowest BCUT2D eigenvalue weighted by molar-refractivity contribution is 0.414. The first-order valence-electron chi connectivity index (χ1n) is 6.25. The first kappa shape index (κ1) is 15.9. The van der Waals surface area contributed by atoms with Crippen LogP contribution in [-0.4, -0.2) is 15.5 Å². The molecule has 0 saturated carbocycles. The van der Waals surface area contributed by atoms with Crippen LogP contribution in [0.4, 0.5) is 5.69 Å². The summed E-state index contributed by atoms with van der Waals surface area (Å²) in [6, 6.07) is 10.2. The zero-order valence-electron chi connectivity index (χ0n) is 11.8. The van der Waals surface area contributed by atoms with Gasteiger partial charge in [-0.3, -0.25) is 0 Å². The van der Waals surface area contributed by atoms with Crippen LogP contribution in [0.15, 0.2) is 45.8 Å². The van der Waals surface area contributed by atoms with E-state index < -0.39 is 9.84 Å². The topological polar surface area (TPSA) is 69.4 Å². The summed E-state index contributed by atoms with van der Waals surface area (Å²) in [5.41, 5.74) is 7.67. The van der Waals surface area contributed by atoms with Crippen LogP contribution in [0.1, 0.15) is 11.1 Å². The Morgan fingerprint density at radius 3 is 2.52 bits per heavy atom. The molecule has 0 spiro atoms. The number of ether oxygens (including phenoxy) is 1. The minimum atomic E-state index is -3.52. The van der Waals surface area contributed by atoms with Gasteiger partial charge in [0.2, 0.25) is 0 Å². The summed E-state index contributed by atoms with van der Waals surface area (Å²) in [4.78, 5) is 0.155. The lowest BCUT2D eigenvalue weighted by Gasteiger charge is -2.11. The first-order valence-corrected chi connectivity index (χ1v) is 8.69. The second kappa shape index (κ2) is 6.07. The molecule has 2 N–H and O–H groups in total. The Bertz CT molecular complexity index is 772. The number of nitrogens with two attached hydrogens (primary N) is 1. The molecule has 4 nitrogen and oxygen atoms in total. The monoisotopic (exact) mass is 369 g/mol. The van der Waals surface area contributed by atoms with Gasteiger partial charge >= 0.3 is 0 Å². The quantitative estimate of drug-likeness (QED) is 0.839. The predicted molar refractivity (Wildman–Crippen MR) is 87.2 cm³/mol. The summed E-state index contributed by atoms with van der Waals surface area (Å²) in [6.45, 7) is 1.87. The smallest absolute Gasteiger partial charge is 0.184 e. The van der Waals surface area contributed by atoms with Crippen molar-refractivity contribution in [3.63, 3.8) is 0 Å². The lowest BCUT2D eigenvalue weighted by atomic mass is 10.2. The number of hydrogen-bond donors (Lipinski definition) is 1. The van der Waals surface area contributed by atoms with Gasteiger partial charge in [0, 0.05) is 4.47 Å². The zero-order valence-corrected chi connectivity index (χ0v) is 14.2. The van der Waals surface area contributed by atoms with Gasteiger partial charge < -0.3 is 10.5 Å². The van der Waals surface area contributed by atoms with Gasteiger partial charge in [0.05, 0.1) is 23.4 Å². The average molecular weight is 370 g/mol. The van der Waals surface area contributed by atoms with Crippen LogP contribution < -0.4 is 10.5 Å². The summed E-state index contributed by atoms with van der Waals surface area (Å²) < 4.78 is 30.9. The Morgan fingerprint density at radius 1 is 1.19 bits per heavy atom. The van der Waals surface area contributed by atoms with E-state index in [4.69, 9.17) is 10.5 Å². The molecule has 0 amide bonds. The number of halogens is 1. The fourth-order valence-corrected chi connectivity index (χ4v) is 4.09. The molecular weight excluding hydrogens is 354 g/mol. The SMILES string of the molecule is COc1ccc(Br)c(CS(=O)(=O)c2ccc(C)cc2N)c1. The maximum absolute atomic E-state index is 12.5. The van der Waals surface area contributed by atoms with Crippen molar-refractivity contribution >= 4 is 31.5 Å². The van der Waals surface area contributed by atoms with E-state index in [1.54, 1.807) is 43.5 Å². The van der Waals surface area contributed by atoms with Gasteiger partial charge in [-0.1, -0.05) is 22.0 Å². The number of nitrogen functional groups attached to an aromatic ring is 1. The molecule has 0 aliphatic rings. The normalized spacial score (nSPS) is 11.4. The van der Waals surface area contributed by atoms with E-state index in [2.05, 4.69) is 15.9 Å². The van der Waals surface area contributed by atoms with Gasteiger partial charge in [-0.25, -0.2) is 8.42 Å². The van der Waals surface area contributed by atoms with Crippen LogP contribution in [0, 0.1) is 6.92 Å². The number of hydrogen-bond acceptors (Lipinski definition) is 4. The Labute approximate surface area is 133 Å². The van der Waals surface area contributed by atoms with E-state index in [0.29, 0.717) is 11.3 Å². The van der Waals surface area contributed by atoms with Crippen molar-refractivity contribution in [2.24, 2.45) is 0 Å². The number of aryl methyl sites for hydroxylation is 1. The second-order valence-corrected chi connectivity index (χ2v) is 7.57. The van der Waals surface area contributed by atoms with Crippen LogP contribution in [0.25, 0.3) is 0 Å². The molecule has 0 saturated heterocycles. The average Bonchev–Trinajstić information content (AvgIpc) is 2.40. The molecule has 0 aliphatic heterocycles. The van der Waals surface area contributed by atoms with E-state index in [1.165, 1.54) is 0 Å². The fraction of sp³-hybridized carbons (Fsp3) is 0.200. The second-order valence-electron chi connectivity index (χ2n) is 4.76. The van der Waals surface area contributed by atoms with Gasteiger partial charge in [0.15, 0.2) is 9.84 Å². The number of benzene rings is 2. The molecule has 2 rings (SSSR count). The number of rotatable bonds is 4. The van der Waals surface area contributed by atoms with E-state index in [1.807, 2.05) is 6.92 Å². The fourth-order valence-electron chi connectivity index (χ4n) is 2.02. The molecule has 2 aromatic carbocycles. The van der Waals surface area contributed by atoms with Crippen molar-refractivity contribution in [3.05, 3.63) is 52.0 Å². The van der Waals surface area contributed by atoms with E-state index >= 15 is 0 Å². The predicted octanol–water partition coefficient (Wildman–Crippen LogP) is 3.32. The highest BCUT2D eigenvalue weighted by Gasteiger charge is 2.20. The third kappa shape index (κ3) is 3.57. The number of sulfone groups is 1. The largest absolute Gasteiger partial charge is 0.497 e. The van der Waals surface area contributed by atoms with Gasteiger partial charge in [-0.05, 0) is 48.4 Å². The number of methoxy groups -OCH3 is 1. The van der Waals surface area contributed by atoms with Crippen LogP contribution in [0.2, 0.25) is 0 Å². The lowest BCUT2D eigenvalue weighted by Crippen LogP contribution is -2.08. The molecule has 21 heavy (non-hydrogen) atoms. The highest BCUT2D eigenvalue weighted by atomic mass is 79.9. The standard InChI is InChI=1S/C15H16BrNO3S/c1-10-3-6-15(14(17)7-10)21(18,19)9-11-8-12(20-2)4-5-13(11)16/h3-8H,9,17H2,1-2H3. The summed E-state index contributed by atoms with van der Waals surface area (Å²) in [5, 5.41) is 0. The van der Waals surface area contributed by atoms with Gasteiger partial charge in [-0.2, -0.15) is 0 Å². The van der Waals surface area contributed by atoms with E-state index in [-0.39, 0.29) is 16.3 Å². The Kier molecular flexibility index (Phi) is 4.58. The molecule has 2 aromatic rings. The van der Waals surface area contributed by atoms with Crippen molar-refractivity contribution in [2.45, 2.75) is 17.6 Å². The molecule has 0 unspecified atom stereocenters. The van der Waals surface area contributed by atoms with E-state index in [9.17, 15) is 8.42 Å². The molecular formula is C15H16BrNO3S. The highest BCUT2D eigenvalue weighted by molar-refractivity contribution is 9.10. The molecule has 112 valence electrons. The molecule has 0 atom stereocenters. The zero-order chi connectivity index (χ0) is 15.6. The molecule has 0 aliphatic carbocycles. The third-order valence-corrected chi connectivity index (χ3v) is 5.61. The molecule has 0 fully saturated rings. The van der Waals surface area contributed by atoms with Crippen LogP contribution in [0.3, 0.4) is 0 Å². The third-order valence-electron chi connectivity index (χ3n) is 3.10. The summed E-state index contributed by atoms with van der Waals surface area (Å²) in [6.07, 6.45) is 0. The first-order chi connectivity index (χ1) is 9.83. The van der Waals surface area contributed by atoms with Crippen molar-refractivity contribution < 1.29 is 13.2 Å². The van der Waals surface area contributed by atoms with Crippen LogP contribution in [0.5, 0.6) is 5.75 Å². The van der Waals surface area contributed by atoms with Gasteiger partial charge in [0.25, 0.3) is 0 Å². The maximum Gasteiger partial charge on any atom is 0.184 e. The van der Waals surface area contributed by atoms with Crippen molar-refractivity contribution in [1.29, 1.82) is 0 Å². The van der Waals surface area contributed by atoms with Crippen LogP contribution >= 0.6 is 15.9 Å². The van der Waals surface area contributed by atoms with Crippen LogP contribution in [-0.2, 0) is 15.6 Å². The minimum absolute atomic E-state index is 0.141. The molecule has 0 aromatic heterocycles. The summed E-state index contributed by atoms with van der Waals surface area (Å²) >= 11 is 3.36.